The number of nitrogens with one attached hydrogen (secondary N) is 2. The molecule has 1 unspecified atom stereocenters. The highest BCUT2D eigenvalue weighted by molar-refractivity contribution is 5.93. The van der Waals surface area contributed by atoms with Gasteiger partial charge < -0.3 is 15.5 Å². The van der Waals surface area contributed by atoms with Crippen LogP contribution < -0.4 is 10.6 Å². The SMILES string of the molecule is CN(C)C(=O)c1ccc(NC2CCCNCC2)nc1. The number of carbonyl (C=O) groups is 1. The van der Waals surface area contributed by atoms with E-state index in [1.165, 1.54) is 6.42 Å². The maximum atomic E-state index is 11.7. The molecule has 1 aromatic rings. The third-order valence-corrected chi connectivity index (χ3v) is 3.34. The highest BCUT2D eigenvalue weighted by Crippen LogP contribution is 2.13. The van der Waals surface area contributed by atoms with Crippen LogP contribution in [0.3, 0.4) is 0 Å². The predicted octanol–water partition coefficient (Wildman–Crippen LogP) is 1.34. The largest absolute Gasteiger partial charge is 0.367 e. The zero-order valence-electron chi connectivity index (χ0n) is 11.6. The molecular formula is C14H22N4O. The van der Waals surface area contributed by atoms with Gasteiger partial charge >= 0.3 is 0 Å². The van der Waals surface area contributed by atoms with Gasteiger partial charge in [0, 0.05) is 26.3 Å². The van der Waals surface area contributed by atoms with Crippen molar-refractivity contribution in [2.24, 2.45) is 0 Å². The Kier molecular flexibility index (Phi) is 4.74. The average molecular weight is 262 g/mol. The first-order valence-electron chi connectivity index (χ1n) is 6.82. The van der Waals surface area contributed by atoms with Gasteiger partial charge in [-0.2, -0.15) is 0 Å². The Balaban J connectivity index is 1.96. The number of aromatic nitrogens is 1. The third kappa shape index (κ3) is 3.92. The van der Waals surface area contributed by atoms with Crippen molar-refractivity contribution in [3.05, 3.63) is 23.9 Å². The van der Waals surface area contributed by atoms with Crippen molar-refractivity contribution in [3.8, 4) is 0 Å². The van der Waals surface area contributed by atoms with Gasteiger partial charge in [-0.25, -0.2) is 4.98 Å². The monoisotopic (exact) mass is 262 g/mol. The van der Waals surface area contributed by atoms with Gasteiger partial charge in [-0.3, -0.25) is 4.79 Å². The van der Waals surface area contributed by atoms with Crippen molar-refractivity contribution < 1.29 is 4.79 Å². The number of anilines is 1. The molecule has 19 heavy (non-hydrogen) atoms. The second-order valence-corrected chi connectivity index (χ2v) is 5.15. The van der Waals surface area contributed by atoms with Crippen molar-refractivity contribution in [1.82, 2.24) is 15.2 Å². The van der Waals surface area contributed by atoms with E-state index in [1.54, 1.807) is 25.2 Å². The van der Waals surface area contributed by atoms with E-state index in [4.69, 9.17) is 0 Å². The molecule has 1 aromatic heterocycles. The first-order valence-corrected chi connectivity index (χ1v) is 6.82. The average Bonchev–Trinajstić information content (AvgIpc) is 2.67. The Morgan fingerprint density at radius 3 is 2.89 bits per heavy atom. The van der Waals surface area contributed by atoms with E-state index >= 15 is 0 Å². The summed E-state index contributed by atoms with van der Waals surface area (Å²) in [6.07, 6.45) is 5.10. The van der Waals surface area contributed by atoms with Gasteiger partial charge in [0.2, 0.25) is 0 Å². The number of carbonyl (C=O) groups excluding carboxylic acids is 1. The lowest BCUT2D eigenvalue weighted by molar-refractivity contribution is 0.0827. The summed E-state index contributed by atoms with van der Waals surface area (Å²) in [4.78, 5) is 17.6. The summed E-state index contributed by atoms with van der Waals surface area (Å²) < 4.78 is 0. The molecule has 1 atom stereocenters. The Morgan fingerprint density at radius 1 is 1.37 bits per heavy atom. The molecule has 2 rings (SSSR count). The second-order valence-electron chi connectivity index (χ2n) is 5.15. The normalized spacial score (nSPS) is 19.6. The molecule has 2 heterocycles. The first-order chi connectivity index (χ1) is 9.16. The number of pyridine rings is 1. The maximum Gasteiger partial charge on any atom is 0.254 e. The van der Waals surface area contributed by atoms with Gasteiger partial charge in [-0.05, 0) is 44.5 Å². The zero-order chi connectivity index (χ0) is 13.7. The summed E-state index contributed by atoms with van der Waals surface area (Å²) in [5.41, 5.74) is 0.623. The minimum Gasteiger partial charge on any atom is -0.367 e. The number of hydrogen-bond donors (Lipinski definition) is 2. The van der Waals surface area contributed by atoms with Crippen LogP contribution in [0.5, 0.6) is 0 Å². The van der Waals surface area contributed by atoms with Gasteiger partial charge in [0.05, 0.1) is 5.56 Å². The predicted molar refractivity (Wildman–Crippen MR) is 76.4 cm³/mol. The van der Waals surface area contributed by atoms with Crippen LogP contribution in [0, 0.1) is 0 Å². The lowest BCUT2D eigenvalue weighted by Gasteiger charge is -2.17. The van der Waals surface area contributed by atoms with Gasteiger partial charge in [0.25, 0.3) is 5.91 Å². The van der Waals surface area contributed by atoms with Crippen molar-refractivity contribution in [1.29, 1.82) is 0 Å². The number of hydrogen-bond acceptors (Lipinski definition) is 4. The Hall–Kier alpha value is -1.62. The number of rotatable bonds is 3. The van der Waals surface area contributed by atoms with Gasteiger partial charge in [-0.1, -0.05) is 0 Å². The molecule has 0 radical (unpaired) electrons. The molecule has 1 aliphatic heterocycles. The van der Waals surface area contributed by atoms with E-state index in [9.17, 15) is 4.79 Å². The third-order valence-electron chi connectivity index (χ3n) is 3.34. The highest BCUT2D eigenvalue weighted by Gasteiger charge is 2.13. The quantitative estimate of drug-likeness (QED) is 0.863. The molecule has 1 amide bonds. The minimum atomic E-state index is -0.0160. The molecule has 5 heteroatoms. The fourth-order valence-corrected chi connectivity index (χ4v) is 2.24. The fourth-order valence-electron chi connectivity index (χ4n) is 2.24. The molecule has 2 N–H and O–H groups in total. The van der Waals surface area contributed by atoms with E-state index in [1.807, 2.05) is 12.1 Å². The molecule has 0 aromatic carbocycles. The van der Waals surface area contributed by atoms with Gasteiger partial charge in [0.1, 0.15) is 5.82 Å². The van der Waals surface area contributed by atoms with Crippen molar-refractivity contribution in [2.45, 2.75) is 25.3 Å². The van der Waals surface area contributed by atoms with Crippen LogP contribution in [0.25, 0.3) is 0 Å². The molecule has 1 aliphatic rings. The lowest BCUT2D eigenvalue weighted by atomic mass is 10.1. The van der Waals surface area contributed by atoms with Gasteiger partial charge in [0.15, 0.2) is 0 Å². The van der Waals surface area contributed by atoms with Crippen LogP contribution in [0.2, 0.25) is 0 Å². The van der Waals surface area contributed by atoms with Crippen LogP contribution in [-0.4, -0.2) is 49.0 Å². The van der Waals surface area contributed by atoms with Crippen LogP contribution in [0.15, 0.2) is 18.3 Å². The fraction of sp³-hybridized carbons (Fsp3) is 0.571. The second kappa shape index (κ2) is 6.52. The minimum absolute atomic E-state index is 0.0160. The van der Waals surface area contributed by atoms with E-state index in [0.29, 0.717) is 11.6 Å². The summed E-state index contributed by atoms with van der Waals surface area (Å²) in [5.74, 6) is 0.833. The smallest absolute Gasteiger partial charge is 0.254 e. The van der Waals surface area contributed by atoms with Crippen molar-refractivity contribution in [2.75, 3.05) is 32.5 Å². The van der Waals surface area contributed by atoms with Crippen LogP contribution in [0.1, 0.15) is 29.6 Å². The number of nitrogens with zero attached hydrogens (tertiary/aromatic N) is 2. The van der Waals surface area contributed by atoms with Gasteiger partial charge in [-0.15, -0.1) is 0 Å². The van der Waals surface area contributed by atoms with E-state index in [0.717, 1.165) is 31.7 Å². The Morgan fingerprint density at radius 2 is 2.21 bits per heavy atom. The summed E-state index contributed by atoms with van der Waals surface area (Å²) in [6.45, 7) is 2.15. The molecule has 0 saturated carbocycles. The first kappa shape index (κ1) is 13.8. The summed E-state index contributed by atoms with van der Waals surface area (Å²) >= 11 is 0. The Labute approximate surface area is 114 Å². The molecule has 0 aliphatic carbocycles. The van der Waals surface area contributed by atoms with Crippen molar-refractivity contribution in [3.63, 3.8) is 0 Å². The number of amides is 1. The zero-order valence-corrected chi connectivity index (χ0v) is 11.6. The summed E-state index contributed by atoms with van der Waals surface area (Å²) in [6, 6.07) is 4.18. The van der Waals surface area contributed by atoms with Crippen LogP contribution in [0.4, 0.5) is 5.82 Å². The molecule has 104 valence electrons. The van der Waals surface area contributed by atoms with Crippen LogP contribution >= 0.6 is 0 Å². The molecule has 0 bridgehead atoms. The van der Waals surface area contributed by atoms with Crippen molar-refractivity contribution >= 4 is 11.7 Å². The topological polar surface area (TPSA) is 57.3 Å². The van der Waals surface area contributed by atoms with Crippen LogP contribution in [-0.2, 0) is 0 Å². The molecule has 1 saturated heterocycles. The van der Waals surface area contributed by atoms with E-state index < -0.39 is 0 Å². The van der Waals surface area contributed by atoms with E-state index in [2.05, 4.69) is 15.6 Å². The molecule has 0 spiro atoms. The van der Waals surface area contributed by atoms with E-state index in [-0.39, 0.29) is 5.91 Å². The summed E-state index contributed by atoms with van der Waals surface area (Å²) in [7, 11) is 3.49. The Bertz CT molecular complexity index is 408. The standard InChI is InChI=1S/C14H22N4O/c1-18(2)14(19)11-5-6-13(16-10-11)17-12-4-3-8-15-9-7-12/h5-6,10,12,15H,3-4,7-9H2,1-2H3,(H,16,17). The summed E-state index contributed by atoms with van der Waals surface area (Å²) in [5, 5.41) is 6.83. The molecule has 1 fully saturated rings. The maximum absolute atomic E-state index is 11.7. The molecule has 5 nitrogen and oxygen atoms in total. The highest BCUT2D eigenvalue weighted by atomic mass is 16.2. The lowest BCUT2D eigenvalue weighted by Crippen LogP contribution is -2.23. The molecular weight excluding hydrogens is 240 g/mol.